The Bertz CT molecular complexity index is 1910. The summed E-state index contributed by atoms with van der Waals surface area (Å²) in [5.41, 5.74) is 10.8. The summed E-state index contributed by atoms with van der Waals surface area (Å²) in [6.07, 6.45) is -1.31. The van der Waals surface area contributed by atoms with E-state index in [2.05, 4.69) is 31.6 Å². The molecule has 30 nitrogen and oxygen atoms in total. The van der Waals surface area contributed by atoms with Gasteiger partial charge in [0.05, 0.1) is 45.6 Å². The van der Waals surface area contributed by atoms with Crippen LogP contribution < -0.4 is 67.6 Å². The number of nitrogens with one attached hydrogen (secondary N) is 5. The van der Waals surface area contributed by atoms with E-state index in [1.165, 1.54) is 4.90 Å². The zero-order valence-corrected chi connectivity index (χ0v) is 42.4. The molecule has 0 aliphatic carbocycles. The molecule has 0 aromatic carbocycles. The van der Waals surface area contributed by atoms with Gasteiger partial charge in [-0.05, 0) is 32.1 Å². The predicted octanol–water partition coefficient (Wildman–Crippen LogP) is -10.3. The van der Waals surface area contributed by atoms with Crippen molar-refractivity contribution in [2.24, 2.45) is 22.4 Å². The third-order valence-electron chi connectivity index (χ3n) is 11.2. The molecule has 0 aromatic heterocycles. The number of guanidine groups is 1. The molecule has 3 saturated heterocycles. The molecule has 3 rings (SSSR count). The summed E-state index contributed by atoms with van der Waals surface area (Å²) in [5, 5.41) is 69.4. The number of aliphatic carboxylic acids is 6. The van der Waals surface area contributed by atoms with Crippen molar-refractivity contribution in [3.63, 3.8) is 0 Å². The van der Waals surface area contributed by atoms with Gasteiger partial charge in [-0.3, -0.25) is 77.2 Å². The number of hydrogen-bond acceptors (Lipinski definition) is 16. The molecule has 6 amide bonds. The van der Waals surface area contributed by atoms with Gasteiger partial charge in [-0.1, -0.05) is 0 Å². The Morgan fingerprint density at radius 2 is 1.29 bits per heavy atom. The van der Waals surface area contributed by atoms with Crippen molar-refractivity contribution in [3.05, 3.63) is 0 Å². The first-order valence-corrected chi connectivity index (χ1v) is 21.3. The van der Waals surface area contributed by atoms with E-state index in [1.807, 2.05) is 0 Å². The number of fused-ring (bicyclic) bond motifs is 1. The fourth-order valence-electron chi connectivity index (χ4n) is 8.17. The van der Waals surface area contributed by atoms with E-state index in [0.717, 1.165) is 14.7 Å². The number of carbonyl (C=O) groups is 12. The summed E-state index contributed by atoms with van der Waals surface area (Å²) in [7, 11) is 0. The topological polar surface area (TPSA) is 464 Å². The Morgan fingerprint density at radius 1 is 0.729 bits per heavy atom. The third kappa shape index (κ3) is 21.2. The molecule has 0 saturated carbocycles. The molecular weight excluding hydrogens is 1090 g/mol. The molecule has 3 aliphatic heterocycles. The zero-order chi connectivity index (χ0) is 50.8. The van der Waals surface area contributed by atoms with E-state index < -0.39 is 179 Å². The predicted molar refractivity (Wildman–Crippen MR) is 227 cm³/mol. The summed E-state index contributed by atoms with van der Waals surface area (Å²) in [5.74, 6) is -15.5. The summed E-state index contributed by atoms with van der Waals surface area (Å²) in [4.78, 5) is 160. The van der Waals surface area contributed by atoms with Gasteiger partial charge in [0.25, 0.3) is 0 Å². The molecule has 1 radical (unpaired) electrons. The Labute approximate surface area is 453 Å². The molecule has 2 bridgehead atoms. The van der Waals surface area contributed by atoms with Crippen LogP contribution in [0, 0.1) is 45.9 Å². The molecule has 70 heavy (non-hydrogen) atoms. The van der Waals surface area contributed by atoms with Crippen LogP contribution in [0.5, 0.6) is 0 Å². The van der Waals surface area contributed by atoms with Crippen LogP contribution in [0.3, 0.4) is 0 Å². The molecule has 32 heteroatoms. The van der Waals surface area contributed by atoms with Crippen LogP contribution in [0.1, 0.15) is 44.9 Å². The van der Waals surface area contributed by atoms with Crippen molar-refractivity contribution < 1.29 is 158 Å². The first-order valence-electron chi connectivity index (χ1n) is 21.3. The second-order valence-corrected chi connectivity index (χ2v) is 16.3. The van der Waals surface area contributed by atoms with Gasteiger partial charge < -0.3 is 73.6 Å². The van der Waals surface area contributed by atoms with Crippen LogP contribution in [0.4, 0.5) is 0 Å². The van der Waals surface area contributed by atoms with Gasteiger partial charge in [-0.25, -0.2) is 0 Å². The van der Waals surface area contributed by atoms with Crippen molar-refractivity contribution in [2.75, 3.05) is 72.0 Å². The van der Waals surface area contributed by atoms with Crippen molar-refractivity contribution in [1.82, 2.24) is 46.2 Å². The summed E-state index contributed by atoms with van der Waals surface area (Å²) in [6, 6.07) is -8.23. The molecule has 15 N–H and O–H groups in total. The van der Waals surface area contributed by atoms with Gasteiger partial charge >= 0.3 is 105 Å². The maximum atomic E-state index is 14.4. The summed E-state index contributed by atoms with van der Waals surface area (Å²) in [6.45, 7) is -5.84. The van der Waals surface area contributed by atoms with Crippen molar-refractivity contribution in [1.29, 1.82) is 0 Å². The molecule has 3 fully saturated rings. The molecular formula is C38H58GdN12NaO18+4. The Morgan fingerprint density at radius 3 is 1.79 bits per heavy atom. The van der Waals surface area contributed by atoms with E-state index in [1.54, 1.807) is 0 Å². The van der Waals surface area contributed by atoms with Gasteiger partial charge in [-0.15, -0.1) is 0 Å². The zero-order valence-electron chi connectivity index (χ0n) is 38.1. The Kier molecular flexibility index (Phi) is 27.7. The van der Waals surface area contributed by atoms with Crippen molar-refractivity contribution in [3.8, 4) is 0 Å². The van der Waals surface area contributed by atoms with Crippen LogP contribution in [0.25, 0.3) is 0 Å². The monoisotopic (exact) mass is 1150 g/mol. The average molecular weight is 1150 g/mol. The Hall–Kier alpha value is -4.89. The second kappa shape index (κ2) is 30.8. The van der Waals surface area contributed by atoms with Crippen molar-refractivity contribution >= 4 is 77.2 Å². The number of nitrogens with two attached hydrogens (primary N) is 2. The number of nitrogens with zero attached hydrogens (tertiary/aromatic N) is 5. The SMILES string of the molecule is NC(N)=NCCC[C@@H]1NC(=O)[C@@H]2CC[C@H]3C[C@@H](CNC(=O)C[C@@H](C(=O)O)N(CCN(CC(=O)O)CC(=O)O)CCN(CC(=O)O)CC(=O)O)[C@@H](NC(=O)[C@H](CC(=O)O)NC(=O)CNC1=O)C(=O)N32.[Gd+3].[Na+]. The van der Waals surface area contributed by atoms with E-state index in [9.17, 15) is 88.2 Å². The number of hydrogen-bond donors (Lipinski definition) is 13. The molecule has 3 aliphatic rings. The number of carboxylic acid groups (broad SMARTS) is 6. The average Bonchev–Trinajstić information content (AvgIpc) is 3.66. The van der Waals surface area contributed by atoms with Gasteiger partial charge in [0.1, 0.15) is 30.2 Å². The number of piperidine rings is 1. The van der Waals surface area contributed by atoms with Gasteiger partial charge in [0.15, 0.2) is 5.96 Å². The summed E-state index contributed by atoms with van der Waals surface area (Å²) < 4.78 is 0. The van der Waals surface area contributed by atoms with Crippen LogP contribution in [0.2, 0.25) is 0 Å². The van der Waals surface area contributed by atoms with Gasteiger partial charge in [-0.2, -0.15) is 0 Å². The molecule has 383 valence electrons. The van der Waals surface area contributed by atoms with E-state index in [0.29, 0.717) is 0 Å². The quantitative estimate of drug-likeness (QED) is 0.0166. The third-order valence-corrected chi connectivity index (χ3v) is 11.2. The van der Waals surface area contributed by atoms with Crippen molar-refractivity contribution in [2.45, 2.75) is 81.2 Å². The maximum absolute atomic E-state index is 14.4. The van der Waals surface area contributed by atoms with Crippen LogP contribution in [-0.2, 0) is 57.5 Å². The Balaban J connectivity index is 0.0000122. The first-order chi connectivity index (χ1) is 31.9. The normalized spacial score (nSPS) is 21.8. The minimum absolute atomic E-state index is 0. The van der Waals surface area contributed by atoms with Crippen LogP contribution in [0.15, 0.2) is 4.99 Å². The number of carboxylic acids is 6. The molecule has 7 atom stereocenters. The number of rotatable bonds is 26. The van der Waals surface area contributed by atoms with E-state index >= 15 is 0 Å². The van der Waals surface area contributed by atoms with Gasteiger partial charge in [0, 0.05) is 51.2 Å². The number of carbonyl (C=O) groups excluding carboxylic acids is 6. The minimum Gasteiger partial charge on any atom is -0.481 e. The number of amides is 6. The number of aliphatic imine (C=N–C) groups is 1. The standard InChI is InChI=1S/C38H58N12O18.Gd.Na/c39-38(40)41-5-1-2-21-33(63)43-14-26(52)44-22(11-27(53)54)34(64)46-32-19(10-20-3-4-23(35(65)45-21)50(20)36(32)66)13-42-25(51)12-24(37(67)68)49(8-6-47(15-28(55)56)16-29(57)58)9-7-48(17-30(59)60)18-31(61)62;;/h19-24,32H,1-18H2,(H,42,51)(H,43,63)(H,44,52)(H,45,65)(H,46,64)(H,53,54)(H,55,56)(H,57,58)(H,59,60)(H,61,62)(H,67,68)(H4,39,40,41);;/q;+3;+1/t19-,20-,21-,22-,23-,24-,32+;;/m0../s1. The van der Waals surface area contributed by atoms with E-state index in [-0.39, 0.29) is 127 Å². The minimum atomic E-state index is -1.79. The fraction of sp³-hybridized carbons (Fsp3) is 0.658. The smallest absolute Gasteiger partial charge is 0.481 e. The molecule has 0 aromatic rings. The molecule has 3 heterocycles. The van der Waals surface area contributed by atoms with Gasteiger partial charge in [0.2, 0.25) is 35.4 Å². The van der Waals surface area contributed by atoms with Crippen LogP contribution in [-0.4, -0.2) is 236 Å². The first kappa shape index (κ1) is 63.1. The largest absolute Gasteiger partial charge is 3.00 e. The summed E-state index contributed by atoms with van der Waals surface area (Å²) >= 11 is 0. The van der Waals surface area contributed by atoms with Crippen LogP contribution >= 0.6 is 0 Å². The van der Waals surface area contributed by atoms with E-state index in [4.69, 9.17) is 11.5 Å². The molecule has 0 spiro atoms. The second-order valence-electron chi connectivity index (χ2n) is 16.3. The molecule has 0 unspecified atom stereocenters. The fourth-order valence-corrected chi connectivity index (χ4v) is 8.17. The maximum Gasteiger partial charge on any atom is 3.00 e.